The molecule has 0 radical (unpaired) electrons. The Morgan fingerprint density at radius 2 is 2.26 bits per heavy atom. The molecule has 2 aromatic rings. The molecule has 0 aliphatic rings. The zero-order valence-corrected chi connectivity index (χ0v) is 10.8. The highest BCUT2D eigenvalue weighted by Gasteiger charge is 2.20. The van der Waals surface area contributed by atoms with Crippen molar-refractivity contribution in [1.29, 1.82) is 0 Å². The van der Waals surface area contributed by atoms with E-state index in [-0.39, 0.29) is 12.5 Å². The van der Waals surface area contributed by atoms with Gasteiger partial charge in [-0.2, -0.15) is 0 Å². The van der Waals surface area contributed by atoms with Crippen LogP contribution in [0.25, 0.3) is 11.5 Å². The number of aryl methyl sites for hydroxylation is 1. The molecule has 2 heterocycles. The number of pyridine rings is 1. The molecule has 0 saturated heterocycles. The van der Waals surface area contributed by atoms with E-state index in [0.29, 0.717) is 17.9 Å². The number of rotatable bonds is 5. The molecule has 1 N–H and O–H groups in total. The Labute approximate surface area is 110 Å². The van der Waals surface area contributed by atoms with E-state index in [1.54, 1.807) is 0 Å². The molecule has 7 heteroatoms. The lowest BCUT2D eigenvalue weighted by Crippen LogP contribution is -2.16. The van der Waals surface area contributed by atoms with Crippen LogP contribution in [0.5, 0.6) is 0 Å². The number of tetrazole rings is 1. The maximum Gasteiger partial charge on any atom is 0.305 e. The Kier molecular flexibility index (Phi) is 3.84. The van der Waals surface area contributed by atoms with E-state index >= 15 is 0 Å². The monoisotopic (exact) mass is 261 g/mol. The molecule has 0 aliphatic carbocycles. The number of hydrogen-bond acceptors (Lipinski definition) is 5. The van der Waals surface area contributed by atoms with E-state index in [4.69, 9.17) is 5.11 Å². The van der Waals surface area contributed by atoms with Gasteiger partial charge in [0.2, 0.25) is 5.82 Å². The van der Waals surface area contributed by atoms with Crippen LogP contribution in [0.4, 0.5) is 0 Å². The second-order valence-corrected chi connectivity index (χ2v) is 4.27. The molecule has 2 rings (SSSR count). The van der Waals surface area contributed by atoms with Crippen molar-refractivity contribution in [2.45, 2.75) is 32.7 Å². The van der Waals surface area contributed by atoms with Gasteiger partial charge in [-0.15, -0.1) is 5.10 Å². The quantitative estimate of drug-likeness (QED) is 0.875. The zero-order valence-electron chi connectivity index (χ0n) is 10.8. The van der Waals surface area contributed by atoms with Crippen LogP contribution in [0.3, 0.4) is 0 Å². The molecule has 0 bridgehead atoms. The summed E-state index contributed by atoms with van der Waals surface area (Å²) < 4.78 is 1.54. The fourth-order valence-electron chi connectivity index (χ4n) is 1.88. The predicted molar refractivity (Wildman–Crippen MR) is 67.4 cm³/mol. The maximum atomic E-state index is 10.9. The van der Waals surface area contributed by atoms with E-state index in [1.165, 1.54) is 4.68 Å². The molecule has 0 aromatic carbocycles. The van der Waals surface area contributed by atoms with Crippen molar-refractivity contribution in [1.82, 2.24) is 25.2 Å². The lowest BCUT2D eigenvalue weighted by molar-refractivity contribution is -0.138. The Hall–Kier alpha value is -2.31. The second-order valence-electron chi connectivity index (χ2n) is 4.27. The van der Waals surface area contributed by atoms with Crippen LogP contribution in [0, 0.1) is 6.92 Å². The minimum absolute atomic E-state index is 0.0135. The molecule has 1 atom stereocenters. The highest BCUT2D eigenvalue weighted by atomic mass is 16.4. The summed E-state index contributed by atoms with van der Waals surface area (Å²) in [6, 6.07) is 5.29. The van der Waals surface area contributed by atoms with Crippen molar-refractivity contribution < 1.29 is 9.90 Å². The van der Waals surface area contributed by atoms with Crippen molar-refractivity contribution in [2.24, 2.45) is 0 Å². The molecule has 2 aromatic heterocycles. The number of carbonyl (C=O) groups is 1. The summed E-state index contributed by atoms with van der Waals surface area (Å²) in [6.45, 7) is 3.79. The van der Waals surface area contributed by atoms with Gasteiger partial charge >= 0.3 is 5.97 Å². The lowest BCUT2D eigenvalue weighted by atomic mass is 10.1. The SMILES string of the molecule is CCC(CC(=O)O)n1nnnc1-c1cccc(C)n1. The van der Waals surface area contributed by atoms with Crippen LogP contribution in [0.1, 0.15) is 31.5 Å². The summed E-state index contributed by atoms with van der Waals surface area (Å²) in [6.07, 6.45) is 0.622. The van der Waals surface area contributed by atoms with Gasteiger partial charge in [0.1, 0.15) is 5.69 Å². The average molecular weight is 261 g/mol. The van der Waals surface area contributed by atoms with Crippen molar-refractivity contribution in [2.75, 3.05) is 0 Å². The van der Waals surface area contributed by atoms with Gasteiger partial charge in [0.25, 0.3) is 0 Å². The second kappa shape index (κ2) is 5.55. The highest BCUT2D eigenvalue weighted by Crippen LogP contribution is 2.21. The van der Waals surface area contributed by atoms with Crippen molar-refractivity contribution in [3.05, 3.63) is 23.9 Å². The van der Waals surface area contributed by atoms with Gasteiger partial charge < -0.3 is 5.11 Å². The standard InChI is InChI=1S/C12H15N5O2/c1-3-9(7-11(18)19)17-12(14-15-16-17)10-6-4-5-8(2)13-10/h4-6,9H,3,7H2,1-2H3,(H,18,19). The Morgan fingerprint density at radius 1 is 1.47 bits per heavy atom. The molecule has 100 valence electrons. The smallest absolute Gasteiger partial charge is 0.305 e. The normalized spacial score (nSPS) is 12.3. The van der Waals surface area contributed by atoms with Gasteiger partial charge in [-0.1, -0.05) is 13.0 Å². The number of carboxylic acids is 1. The van der Waals surface area contributed by atoms with Gasteiger partial charge in [0.05, 0.1) is 12.5 Å². The number of nitrogens with zero attached hydrogens (tertiary/aromatic N) is 5. The van der Waals surface area contributed by atoms with Crippen LogP contribution in [0.2, 0.25) is 0 Å². The number of hydrogen-bond donors (Lipinski definition) is 1. The van der Waals surface area contributed by atoms with E-state index < -0.39 is 5.97 Å². The first-order valence-electron chi connectivity index (χ1n) is 6.05. The van der Waals surface area contributed by atoms with Gasteiger partial charge in [0.15, 0.2) is 0 Å². The summed E-state index contributed by atoms with van der Waals surface area (Å²) in [7, 11) is 0. The number of aliphatic carboxylic acids is 1. The molecule has 1 unspecified atom stereocenters. The third-order valence-corrected chi connectivity index (χ3v) is 2.84. The van der Waals surface area contributed by atoms with Gasteiger partial charge in [-0.05, 0) is 35.9 Å². The summed E-state index contributed by atoms with van der Waals surface area (Å²) in [5.74, 6) is -0.373. The van der Waals surface area contributed by atoms with Crippen LogP contribution < -0.4 is 0 Å². The van der Waals surface area contributed by atoms with Crippen molar-refractivity contribution in [3.8, 4) is 11.5 Å². The van der Waals surface area contributed by atoms with Gasteiger partial charge in [0, 0.05) is 5.69 Å². The Bertz CT molecular complexity index is 581. The van der Waals surface area contributed by atoms with Crippen LogP contribution in [-0.2, 0) is 4.79 Å². The minimum Gasteiger partial charge on any atom is -0.481 e. The van der Waals surface area contributed by atoms with E-state index in [9.17, 15) is 4.79 Å². The highest BCUT2D eigenvalue weighted by molar-refractivity contribution is 5.67. The maximum absolute atomic E-state index is 10.9. The molecule has 0 aliphatic heterocycles. The van der Waals surface area contributed by atoms with Crippen LogP contribution in [0.15, 0.2) is 18.2 Å². The fourth-order valence-corrected chi connectivity index (χ4v) is 1.88. The summed E-state index contributed by atoms with van der Waals surface area (Å²) in [5.41, 5.74) is 1.51. The van der Waals surface area contributed by atoms with E-state index in [1.807, 2.05) is 32.0 Å². The molecular weight excluding hydrogens is 246 g/mol. The number of carboxylic acid groups (broad SMARTS) is 1. The fraction of sp³-hybridized carbons (Fsp3) is 0.417. The Morgan fingerprint density at radius 3 is 2.89 bits per heavy atom. The predicted octanol–water partition coefficient (Wildman–Crippen LogP) is 1.47. The first kappa shape index (κ1) is 13.1. The van der Waals surface area contributed by atoms with E-state index in [2.05, 4.69) is 20.5 Å². The van der Waals surface area contributed by atoms with Crippen molar-refractivity contribution >= 4 is 5.97 Å². The first-order valence-corrected chi connectivity index (χ1v) is 6.05. The van der Waals surface area contributed by atoms with Gasteiger partial charge in [-0.3, -0.25) is 4.79 Å². The third kappa shape index (κ3) is 2.93. The topological polar surface area (TPSA) is 93.8 Å². The summed E-state index contributed by atoms with van der Waals surface area (Å²) in [4.78, 5) is 15.2. The number of aromatic nitrogens is 5. The van der Waals surface area contributed by atoms with Crippen molar-refractivity contribution in [3.63, 3.8) is 0 Å². The molecule has 0 saturated carbocycles. The molecule has 19 heavy (non-hydrogen) atoms. The zero-order chi connectivity index (χ0) is 13.8. The lowest BCUT2D eigenvalue weighted by Gasteiger charge is -2.13. The van der Waals surface area contributed by atoms with E-state index in [0.717, 1.165) is 5.69 Å². The van der Waals surface area contributed by atoms with Gasteiger partial charge in [-0.25, -0.2) is 9.67 Å². The molecular formula is C12H15N5O2. The molecule has 7 nitrogen and oxygen atoms in total. The average Bonchev–Trinajstić information content (AvgIpc) is 2.84. The molecule has 0 spiro atoms. The summed E-state index contributed by atoms with van der Waals surface area (Å²) in [5, 5.41) is 20.4. The Balaban J connectivity index is 2.38. The largest absolute Gasteiger partial charge is 0.481 e. The van der Waals surface area contributed by atoms with Crippen LogP contribution >= 0.6 is 0 Å². The summed E-state index contributed by atoms with van der Waals surface area (Å²) >= 11 is 0. The molecule has 0 fully saturated rings. The first-order chi connectivity index (χ1) is 9.11. The molecule has 0 amide bonds. The van der Waals surface area contributed by atoms with Crippen LogP contribution in [-0.4, -0.2) is 36.3 Å². The minimum atomic E-state index is -0.870. The third-order valence-electron chi connectivity index (χ3n) is 2.84.